The van der Waals surface area contributed by atoms with Crippen LogP contribution in [0.25, 0.3) is 0 Å². The molecule has 7 heteroatoms. The van der Waals surface area contributed by atoms with Gasteiger partial charge >= 0.3 is 6.18 Å². The van der Waals surface area contributed by atoms with E-state index in [9.17, 15) is 22.8 Å². The monoisotopic (exact) mass is 392 g/mol. The van der Waals surface area contributed by atoms with Crippen LogP contribution in [0.15, 0.2) is 54.6 Å². The summed E-state index contributed by atoms with van der Waals surface area (Å²) >= 11 is 0. The Kier molecular flexibility index (Phi) is 7.20. The van der Waals surface area contributed by atoms with Gasteiger partial charge in [0.2, 0.25) is 5.91 Å². The lowest BCUT2D eigenvalue weighted by Crippen LogP contribution is -2.50. The summed E-state index contributed by atoms with van der Waals surface area (Å²) in [6.45, 7) is 3.67. The molecule has 0 bridgehead atoms. The minimum absolute atomic E-state index is 0.0586. The van der Waals surface area contributed by atoms with Crippen LogP contribution in [0.5, 0.6) is 0 Å². The Labute approximate surface area is 162 Å². The Morgan fingerprint density at radius 1 is 1.04 bits per heavy atom. The molecule has 0 aromatic heterocycles. The van der Waals surface area contributed by atoms with Gasteiger partial charge in [-0.05, 0) is 35.7 Å². The average molecular weight is 392 g/mol. The van der Waals surface area contributed by atoms with Crippen molar-refractivity contribution in [1.29, 1.82) is 0 Å². The number of carbonyl (C=O) groups excluding carboxylic acids is 2. The van der Waals surface area contributed by atoms with Crippen molar-refractivity contribution in [2.24, 2.45) is 5.92 Å². The van der Waals surface area contributed by atoms with Crippen LogP contribution in [0.4, 0.5) is 13.2 Å². The minimum Gasteiger partial charge on any atom is -0.350 e. The van der Waals surface area contributed by atoms with Gasteiger partial charge in [0.25, 0.3) is 5.91 Å². The number of nitrogens with one attached hydrogen (secondary N) is 2. The predicted octanol–water partition coefficient (Wildman–Crippen LogP) is 4.17. The van der Waals surface area contributed by atoms with Crippen LogP contribution in [0.1, 0.15) is 41.8 Å². The second-order valence-corrected chi connectivity index (χ2v) is 6.62. The van der Waals surface area contributed by atoms with E-state index in [0.717, 1.165) is 12.1 Å². The van der Waals surface area contributed by atoms with Crippen molar-refractivity contribution >= 4 is 11.8 Å². The molecular weight excluding hydrogens is 369 g/mol. The van der Waals surface area contributed by atoms with Gasteiger partial charge in [-0.3, -0.25) is 9.59 Å². The first kappa shape index (κ1) is 21.5. The molecule has 4 nitrogen and oxygen atoms in total. The molecule has 2 aromatic carbocycles. The molecule has 0 aliphatic heterocycles. The first-order valence-electron chi connectivity index (χ1n) is 9.02. The molecular formula is C21H23F3N2O2. The summed E-state index contributed by atoms with van der Waals surface area (Å²) in [6.07, 6.45) is -3.79. The summed E-state index contributed by atoms with van der Waals surface area (Å²) in [5.41, 5.74) is -0.00273. The van der Waals surface area contributed by atoms with Crippen LogP contribution in [0.3, 0.4) is 0 Å². The number of carbonyl (C=O) groups is 2. The van der Waals surface area contributed by atoms with Gasteiger partial charge in [0.15, 0.2) is 0 Å². The van der Waals surface area contributed by atoms with E-state index >= 15 is 0 Å². The summed E-state index contributed by atoms with van der Waals surface area (Å²) in [7, 11) is 0. The number of hydrogen-bond donors (Lipinski definition) is 2. The Balaban J connectivity index is 2.06. The molecule has 2 N–H and O–H groups in total. The zero-order valence-corrected chi connectivity index (χ0v) is 15.7. The fourth-order valence-electron chi connectivity index (χ4n) is 2.67. The van der Waals surface area contributed by atoms with Crippen molar-refractivity contribution in [1.82, 2.24) is 10.6 Å². The molecule has 0 fully saturated rings. The number of hydrogen-bond acceptors (Lipinski definition) is 2. The lowest BCUT2D eigenvalue weighted by Gasteiger charge is -2.23. The van der Waals surface area contributed by atoms with E-state index in [0.29, 0.717) is 17.5 Å². The molecule has 0 radical (unpaired) electrons. The highest BCUT2D eigenvalue weighted by molar-refractivity contribution is 5.97. The van der Waals surface area contributed by atoms with Crippen LogP contribution >= 0.6 is 0 Å². The smallest absolute Gasteiger partial charge is 0.350 e. The van der Waals surface area contributed by atoms with Crippen LogP contribution in [0, 0.1) is 5.92 Å². The average Bonchev–Trinajstić information content (AvgIpc) is 2.69. The van der Waals surface area contributed by atoms with Crippen LogP contribution < -0.4 is 10.6 Å². The first-order valence-corrected chi connectivity index (χ1v) is 9.02. The Bertz CT molecular complexity index is 807. The predicted molar refractivity (Wildman–Crippen MR) is 100 cm³/mol. The number of halogens is 3. The molecule has 2 amide bonds. The van der Waals surface area contributed by atoms with E-state index in [1.54, 1.807) is 30.3 Å². The van der Waals surface area contributed by atoms with Crippen LogP contribution in [0.2, 0.25) is 0 Å². The van der Waals surface area contributed by atoms with Crippen LogP contribution in [-0.2, 0) is 17.5 Å². The molecule has 28 heavy (non-hydrogen) atoms. The van der Waals surface area contributed by atoms with E-state index in [2.05, 4.69) is 10.6 Å². The maximum Gasteiger partial charge on any atom is 0.416 e. The standard InChI is InChI=1S/C21H23F3N2O2/c1-3-14(2)18(26-19(27)16-9-5-4-6-10-16)20(28)25-13-15-8-7-11-17(12-15)21(22,23)24/h4-12,14,18H,3,13H2,1-2H3,(H,25,28)(H,26,27). The molecule has 2 aromatic rings. The number of benzene rings is 2. The Morgan fingerprint density at radius 3 is 2.32 bits per heavy atom. The Hall–Kier alpha value is -2.83. The molecule has 2 rings (SSSR count). The zero-order chi connectivity index (χ0) is 20.7. The third-order valence-corrected chi connectivity index (χ3v) is 4.54. The number of alkyl halides is 3. The fraction of sp³-hybridized carbons (Fsp3) is 0.333. The van der Waals surface area contributed by atoms with Crippen molar-refractivity contribution < 1.29 is 22.8 Å². The summed E-state index contributed by atoms with van der Waals surface area (Å²) in [5, 5.41) is 5.35. The van der Waals surface area contributed by atoms with E-state index < -0.39 is 23.7 Å². The summed E-state index contributed by atoms with van der Waals surface area (Å²) in [5.74, 6) is -0.953. The summed E-state index contributed by atoms with van der Waals surface area (Å²) < 4.78 is 38.4. The molecule has 2 unspecified atom stereocenters. The van der Waals surface area contributed by atoms with E-state index in [4.69, 9.17) is 0 Å². The number of rotatable bonds is 7. The second kappa shape index (κ2) is 9.39. The highest BCUT2D eigenvalue weighted by Gasteiger charge is 2.30. The molecule has 0 aliphatic carbocycles. The van der Waals surface area contributed by atoms with Crippen molar-refractivity contribution in [3.8, 4) is 0 Å². The van der Waals surface area contributed by atoms with E-state index in [1.807, 2.05) is 13.8 Å². The molecule has 0 aliphatic rings. The first-order chi connectivity index (χ1) is 13.2. The maximum atomic E-state index is 12.8. The highest BCUT2D eigenvalue weighted by Crippen LogP contribution is 2.29. The highest BCUT2D eigenvalue weighted by atomic mass is 19.4. The quantitative estimate of drug-likeness (QED) is 0.743. The van der Waals surface area contributed by atoms with Gasteiger partial charge in [-0.1, -0.05) is 50.6 Å². The topological polar surface area (TPSA) is 58.2 Å². The van der Waals surface area contributed by atoms with Gasteiger partial charge in [0.1, 0.15) is 6.04 Å². The maximum absolute atomic E-state index is 12.8. The third kappa shape index (κ3) is 5.84. The largest absolute Gasteiger partial charge is 0.416 e. The minimum atomic E-state index is -4.44. The SMILES string of the molecule is CCC(C)C(NC(=O)c1ccccc1)C(=O)NCc1cccc(C(F)(F)F)c1. The zero-order valence-electron chi connectivity index (χ0n) is 15.7. The van der Waals surface area contributed by atoms with Crippen molar-refractivity contribution in [2.45, 2.75) is 39.0 Å². The van der Waals surface area contributed by atoms with E-state index in [1.165, 1.54) is 12.1 Å². The van der Waals surface area contributed by atoms with Crippen LogP contribution in [-0.4, -0.2) is 17.9 Å². The van der Waals surface area contributed by atoms with E-state index in [-0.39, 0.29) is 18.4 Å². The third-order valence-electron chi connectivity index (χ3n) is 4.54. The molecule has 0 saturated carbocycles. The normalized spacial score (nSPS) is 13.5. The molecule has 0 spiro atoms. The van der Waals surface area contributed by atoms with Gasteiger partial charge in [-0.25, -0.2) is 0 Å². The van der Waals surface area contributed by atoms with Gasteiger partial charge in [0.05, 0.1) is 5.56 Å². The van der Waals surface area contributed by atoms with Crippen molar-refractivity contribution in [2.75, 3.05) is 0 Å². The molecule has 2 atom stereocenters. The van der Waals surface area contributed by atoms with Gasteiger partial charge in [0, 0.05) is 12.1 Å². The molecule has 0 saturated heterocycles. The lowest BCUT2D eigenvalue weighted by atomic mass is 9.97. The summed E-state index contributed by atoms with van der Waals surface area (Å²) in [6, 6.07) is 12.5. The van der Waals surface area contributed by atoms with Gasteiger partial charge in [-0.15, -0.1) is 0 Å². The van der Waals surface area contributed by atoms with Crippen molar-refractivity contribution in [3.05, 3.63) is 71.3 Å². The van der Waals surface area contributed by atoms with Gasteiger partial charge in [-0.2, -0.15) is 13.2 Å². The summed E-state index contributed by atoms with van der Waals surface area (Å²) in [4.78, 5) is 25.0. The fourth-order valence-corrected chi connectivity index (χ4v) is 2.67. The molecule has 0 heterocycles. The Morgan fingerprint density at radius 2 is 1.71 bits per heavy atom. The molecule has 150 valence electrons. The lowest BCUT2D eigenvalue weighted by molar-refractivity contribution is -0.137. The van der Waals surface area contributed by atoms with Crippen molar-refractivity contribution in [3.63, 3.8) is 0 Å². The number of amides is 2. The van der Waals surface area contributed by atoms with Gasteiger partial charge < -0.3 is 10.6 Å². The second-order valence-electron chi connectivity index (χ2n) is 6.62.